The van der Waals surface area contributed by atoms with Crippen molar-refractivity contribution in [2.75, 3.05) is 12.3 Å². The third-order valence-electron chi connectivity index (χ3n) is 3.92. The fourth-order valence-corrected chi connectivity index (χ4v) is 5.94. The number of hydrogen-bond acceptors (Lipinski definition) is 1. The molecule has 0 saturated heterocycles. The Hall–Kier alpha value is -0.0300. The molecule has 2 bridgehead atoms. The van der Waals surface area contributed by atoms with E-state index in [1.165, 1.54) is 12.8 Å². The first-order valence-corrected chi connectivity index (χ1v) is 7.60. The van der Waals surface area contributed by atoms with Crippen LogP contribution >= 0.6 is 7.14 Å². The van der Waals surface area contributed by atoms with Crippen molar-refractivity contribution in [2.45, 2.75) is 32.3 Å². The molecule has 74 valence electrons. The minimum atomic E-state index is -1.82. The number of fused-ring (bicyclic) bond motifs is 2. The second kappa shape index (κ2) is 3.28. The summed E-state index contributed by atoms with van der Waals surface area (Å²) in [5.74, 6) is 1.43. The standard InChI is InChI=1S/C11H19OP/c1-3-13(12,4-2)11-8-9-5-6-10(11)7-9/h5-6,9-11H,3-4,7-8H2,1-2H3. The molecule has 0 radical (unpaired) electrons. The lowest BCUT2D eigenvalue weighted by Crippen LogP contribution is -2.16. The average molecular weight is 198 g/mol. The molecule has 0 aromatic heterocycles. The SMILES string of the molecule is CCP(=O)(CC)C1CC2C=CC1C2. The zero-order valence-electron chi connectivity index (χ0n) is 8.57. The minimum Gasteiger partial charge on any atom is -0.323 e. The minimum absolute atomic E-state index is 0.539. The van der Waals surface area contributed by atoms with E-state index < -0.39 is 7.14 Å². The van der Waals surface area contributed by atoms with E-state index in [2.05, 4.69) is 26.0 Å². The molecule has 1 fully saturated rings. The maximum atomic E-state index is 12.5. The first-order valence-electron chi connectivity index (χ1n) is 5.45. The highest BCUT2D eigenvalue weighted by Gasteiger charge is 2.43. The molecule has 0 amide bonds. The zero-order valence-corrected chi connectivity index (χ0v) is 9.47. The van der Waals surface area contributed by atoms with E-state index in [1.807, 2.05) is 0 Å². The molecule has 13 heavy (non-hydrogen) atoms. The molecule has 0 N–H and O–H groups in total. The number of allylic oxidation sites excluding steroid dienone is 2. The summed E-state index contributed by atoms with van der Waals surface area (Å²) in [5, 5.41) is 0. The Bertz CT molecular complexity index is 261. The van der Waals surface area contributed by atoms with Gasteiger partial charge in [-0.05, 0) is 37.0 Å². The summed E-state index contributed by atoms with van der Waals surface area (Å²) >= 11 is 0. The summed E-state index contributed by atoms with van der Waals surface area (Å²) in [5.41, 5.74) is 0.539. The Labute approximate surface area is 81.0 Å². The summed E-state index contributed by atoms with van der Waals surface area (Å²) in [6.45, 7) is 4.19. The predicted octanol–water partition coefficient (Wildman–Crippen LogP) is 3.35. The Morgan fingerprint density at radius 1 is 1.23 bits per heavy atom. The van der Waals surface area contributed by atoms with E-state index in [1.54, 1.807) is 0 Å². The van der Waals surface area contributed by atoms with Crippen LogP contribution in [0.1, 0.15) is 26.7 Å². The molecule has 0 aromatic carbocycles. The van der Waals surface area contributed by atoms with Crippen LogP contribution in [0.15, 0.2) is 12.2 Å². The van der Waals surface area contributed by atoms with Crippen molar-refractivity contribution >= 4 is 7.14 Å². The molecule has 1 saturated carbocycles. The largest absolute Gasteiger partial charge is 0.323 e. The van der Waals surface area contributed by atoms with Crippen molar-refractivity contribution in [3.8, 4) is 0 Å². The quantitative estimate of drug-likeness (QED) is 0.502. The maximum Gasteiger partial charge on any atom is 0.0907 e. The molecular weight excluding hydrogens is 179 g/mol. The van der Waals surface area contributed by atoms with Crippen LogP contribution in [0.2, 0.25) is 0 Å². The van der Waals surface area contributed by atoms with Gasteiger partial charge in [-0.25, -0.2) is 0 Å². The summed E-state index contributed by atoms with van der Waals surface area (Å²) in [6, 6.07) is 0. The van der Waals surface area contributed by atoms with Gasteiger partial charge in [0.1, 0.15) is 0 Å². The highest BCUT2D eigenvalue weighted by Crippen LogP contribution is 2.61. The number of rotatable bonds is 3. The van der Waals surface area contributed by atoms with Gasteiger partial charge in [0.15, 0.2) is 0 Å². The monoisotopic (exact) mass is 198 g/mol. The van der Waals surface area contributed by atoms with Crippen molar-refractivity contribution in [1.82, 2.24) is 0 Å². The third-order valence-corrected chi connectivity index (χ3v) is 7.86. The smallest absolute Gasteiger partial charge is 0.0907 e. The summed E-state index contributed by atoms with van der Waals surface area (Å²) < 4.78 is 12.5. The topological polar surface area (TPSA) is 17.1 Å². The molecular formula is C11H19OP. The summed E-state index contributed by atoms with van der Waals surface area (Å²) in [6.07, 6.45) is 8.96. The molecule has 0 aliphatic heterocycles. The van der Waals surface area contributed by atoms with Gasteiger partial charge in [-0.15, -0.1) is 0 Å². The molecule has 2 rings (SSSR count). The van der Waals surface area contributed by atoms with Gasteiger partial charge in [-0.2, -0.15) is 0 Å². The fraction of sp³-hybridized carbons (Fsp3) is 0.818. The van der Waals surface area contributed by atoms with Crippen molar-refractivity contribution in [2.24, 2.45) is 11.8 Å². The van der Waals surface area contributed by atoms with Crippen molar-refractivity contribution in [3.05, 3.63) is 12.2 Å². The Kier molecular flexibility index (Phi) is 2.40. The van der Waals surface area contributed by atoms with Gasteiger partial charge in [0.2, 0.25) is 0 Å². The molecule has 3 unspecified atom stereocenters. The first-order chi connectivity index (χ1) is 6.19. The third kappa shape index (κ3) is 1.42. The molecule has 2 aliphatic carbocycles. The predicted molar refractivity (Wildman–Crippen MR) is 57.8 cm³/mol. The van der Waals surface area contributed by atoms with E-state index in [0.29, 0.717) is 11.6 Å². The van der Waals surface area contributed by atoms with Crippen molar-refractivity contribution < 1.29 is 4.57 Å². The van der Waals surface area contributed by atoms with Gasteiger partial charge < -0.3 is 4.57 Å². The van der Waals surface area contributed by atoms with Crippen LogP contribution in [0, 0.1) is 11.8 Å². The highest BCUT2D eigenvalue weighted by molar-refractivity contribution is 7.64. The van der Waals surface area contributed by atoms with E-state index in [-0.39, 0.29) is 0 Å². The van der Waals surface area contributed by atoms with Crippen LogP contribution in [0.25, 0.3) is 0 Å². The summed E-state index contributed by atoms with van der Waals surface area (Å²) in [7, 11) is -1.82. The lowest BCUT2D eigenvalue weighted by molar-refractivity contribution is 0.551. The molecule has 0 aromatic rings. The molecule has 2 heteroatoms. The Morgan fingerprint density at radius 3 is 2.31 bits per heavy atom. The second-order valence-corrected chi connectivity index (χ2v) is 8.27. The van der Waals surface area contributed by atoms with Crippen molar-refractivity contribution in [1.29, 1.82) is 0 Å². The summed E-state index contributed by atoms with van der Waals surface area (Å²) in [4.78, 5) is 0. The van der Waals surface area contributed by atoms with E-state index in [0.717, 1.165) is 18.2 Å². The van der Waals surface area contributed by atoms with Crippen LogP contribution in [-0.2, 0) is 4.57 Å². The van der Waals surface area contributed by atoms with E-state index >= 15 is 0 Å². The molecule has 2 aliphatic rings. The van der Waals surface area contributed by atoms with E-state index in [9.17, 15) is 4.57 Å². The Balaban J connectivity index is 2.18. The van der Waals surface area contributed by atoms with Gasteiger partial charge in [0.25, 0.3) is 0 Å². The van der Waals surface area contributed by atoms with Gasteiger partial charge >= 0.3 is 0 Å². The normalized spacial score (nSPS) is 37.2. The van der Waals surface area contributed by atoms with Gasteiger partial charge in [0, 0.05) is 5.66 Å². The molecule has 0 spiro atoms. The molecule has 1 nitrogen and oxygen atoms in total. The van der Waals surface area contributed by atoms with Crippen molar-refractivity contribution in [3.63, 3.8) is 0 Å². The van der Waals surface area contributed by atoms with Crippen LogP contribution in [0.5, 0.6) is 0 Å². The van der Waals surface area contributed by atoms with Crippen LogP contribution < -0.4 is 0 Å². The maximum absolute atomic E-state index is 12.5. The van der Waals surface area contributed by atoms with Crippen LogP contribution in [0.3, 0.4) is 0 Å². The highest BCUT2D eigenvalue weighted by atomic mass is 31.2. The van der Waals surface area contributed by atoms with E-state index in [4.69, 9.17) is 0 Å². The average Bonchev–Trinajstić information content (AvgIpc) is 2.77. The van der Waals surface area contributed by atoms with Crippen LogP contribution in [0.4, 0.5) is 0 Å². The zero-order chi connectivity index (χ0) is 9.47. The lowest BCUT2D eigenvalue weighted by Gasteiger charge is -2.27. The first kappa shape index (κ1) is 9.52. The number of hydrogen-bond donors (Lipinski definition) is 0. The van der Waals surface area contributed by atoms with Gasteiger partial charge in [-0.3, -0.25) is 0 Å². The molecule has 0 heterocycles. The lowest BCUT2D eigenvalue weighted by atomic mass is 10.1. The van der Waals surface area contributed by atoms with Gasteiger partial charge in [-0.1, -0.05) is 26.0 Å². The molecule has 3 atom stereocenters. The van der Waals surface area contributed by atoms with Gasteiger partial charge in [0.05, 0.1) is 7.14 Å². The van der Waals surface area contributed by atoms with Crippen LogP contribution in [-0.4, -0.2) is 18.0 Å². The fourth-order valence-electron chi connectivity index (χ4n) is 2.99. The second-order valence-electron chi connectivity index (χ2n) is 4.43. The Morgan fingerprint density at radius 2 is 1.92 bits per heavy atom.